The van der Waals surface area contributed by atoms with Crippen molar-refractivity contribution in [2.45, 2.75) is 30.0 Å². The van der Waals surface area contributed by atoms with Gasteiger partial charge in [-0.3, -0.25) is 0 Å². The molecule has 0 nitrogen and oxygen atoms in total. The van der Waals surface area contributed by atoms with Crippen molar-refractivity contribution < 1.29 is 0 Å². The van der Waals surface area contributed by atoms with Crippen molar-refractivity contribution in [3.63, 3.8) is 0 Å². The molecule has 0 aromatic heterocycles. The van der Waals surface area contributed by atoms with Gasteiger partial charge in [-0.05, 0) is 61.2 Å². The highest BCUT2D eigenvalue weighted by atomic mass is 32.2. The molecule has 144 valence electrons. The molecule has 3 aromatic rings. The molecule has 0 bridgehead atoms. The van der Waals surface area contributed by atoms with Gasteiger partial charge in [-0.15, -0.1) is 23.5 Å². The highest BCUT2D eigenvalue weighted by Gasteiger charge is 2.50. The van der Waals surface area contributed by atoms with Crippen LogP contribution in [0.4, 0.5) is 0 Å². The third kappa shape index (κ3) is 4.06. The first-order chi connectivity index (χ1) is 13.8. The van der Waals surface area contributed by atoms with Crippen LogP contribution in [0.5, 0.6) is 0 Å². The van der Waals surface area contributed by atoms with Crippen molar-refractivity contribution in [3.8, 4) is 0 Å². The van der Waals surface area contributed by atoms with Gasteiger partial charge in [-0.1, -0.05) is 54.6 Å². The second-order valence-corrected chi connectivity index (χ2v) is 14.1. The minimum atomic E-state index is -1.74. The fraction of sp³-hybridized carbons (Fsp3) is 0.280. The van der Waals surface area contributed by atoms with Gasteiger partial charge in [-0.25, -0.2) is 0 Å². The van der Waals surface area contributed by atoms with Crippen molar-refractivity contribution in [3.05, 3.63) is 91.0 Å². The van der Waals surface area contributed by atoms with Crippen LogP contribution in [0.3, 0.4) is 0 Å². The van der Waals surface area contributed by atoms with E-state index in [2.05, 4.69) is 121 Å². The highest BCUT2D eigenvalue weighted by molar-refractivity contribution is 8.17. The average Bonchev–Trinajstić information content (AvgIpc) is 2.77. The highest BCUT2D eigenvalue weighted by Crippen LogP contribution is 2.61. The molecule has 1 atom stereocenters. The van der Waals surface area contributed by atoms with E-state index in [0.29, 0.717) is 5.66 Å². The molecule has 0 radical (unpaired) electrons. The maximum Gasteiger partial charge on any atom is 0.114 e. The molecule has 0 amide bonds. The van der Waals surface area contributed by atoms with Crippen LogP contribution in [0.2, 0.25) is 0 Å². The van der Waals surface area contributed by atoms with E-state index in [9.17, 15) is 0 Å². The summed E-state index contributed by atoms with van der Waals surface area (Å²) in [7, 11) is -1.74. The zero-order valence-corrected chi connectivity index (χ0v) is 18.9. The van der Waals surface area contributed by atoms with Gasteiger partial charge < -0.3 is 0 Å². The van der Waals surface area contributed by atoms with Crippen LogP contribution >= 0.6 is 30.8 Å². The lowest BCUT2D eigenvalue weighted by Crippen LogP contribution is -2.38. The summed E-state index contributed by atoms with van der Waals surface area (Å²) < 4.78 is 0.722. The molecule has 1 aliphatic rings. The summed E-state index contributed by atoms with van der Waals surface area (Å²) in [6, 6.07) is 33.9. The maximum atomic E-state index is 2.51. The molecule has 1 heterocycles. The molecule has 0 N–H and O–H groups in total. The van der Waals surface area contributed by atoms with E-state index < -0.39 is 7.26 Å². The Balaban J connectivity index is 1.87. The van der Waals surface area contributed by atoms with Gasteiger partial charge in [0.15, 0.2) is 0 Å². The van der Waals surface area contributed by atoms with Crippen molar-refractivity contribution in [2.24, 2.45) is 0 Å². The Morgan fingerprint density at radius 1 is 0.714 bits per heavy atom. The lowest BCUT2D eigenvalue weighted by atomic mass is 10.3. The second-order valence-electron chi connectivity index (χ2n) is 7.34. The van der Waals surface area contributed by atoms with E-state index in [4.69, 9.17) is 0 Å². The van der Waals surface area contributed by atoms with Gasteiger partial charge in [0.25, 0.3) is 0 Å². The van der Waals surface area contributed by atoms with Gasteiger partial charge in [0.05, 0.1) is 10.2 Å². The van der Waals surface area contributed by atoms with Gasteiger partial charge >= 0.3 is 0 Å². The fourth-order valence-corrected chi connectivity index (χ4v) is 12.6. The normalized spacial score (nSPS) is 16.6. The predicted octanol–water partition coefficient (Wildman–Crippen LogP) is 5.96. The summed E-state index contributed by atoms with van der Waals surface area (Å²) in [6.45, 7) is 2.51. The first-order valence-corrected chi connectivity index (χ1v) is 14.1. The molecule has 1 aliphatic heterocycles. The van der Waals surface area contributed by atoms with E-state index in [1.165, 1.54) is 40.3 Å². The SMILES string of the molecule is CC(CC1SCCCS1)[P+](c1ccccc1)(c1ccccc1)c1ccccc1. The van der Waals surface area contributed by atoms with E-state index in [1.807, 2.05) is 0 Å². The van der Waals surface area contributed by atoms with Crippen molar-refractivity contribution >= 4 is 46.7 Å². The lowest BCUT2D eigenvalue weighted by Gasteiger charge is -2.35. The van der Waals surface area contributed by atoms with Crippen LogP contribution < -0.4 is 15.9 Å². The minimum absolute atomic E-state index is 0.600. The van der Waals surface area contributed by atoms with Crippen molar-refractivity contribution in [2.75, 3.05) is 11.5 Å². The number of thioether (sulfide) groups is 2. The zero-order valence-electron chi connectivity index (χ0n) is 16.4. The summed E-state index contributed by atoms with van der Waals surface area (Å²) in [4.78, 5) is 0. The topological polar surface area (TPSA) is 0 Å². The first-order valence-electron chi connectivity index (χ1n) is 10.1. The van der Waals surface area contributed by atoms with Crippen LogP contribution in [0.15, 0.2) is 91.0 Å². The molecule has 0 saturated carbocycles. The lowest BCUT2D eigenvalue weighted by molar-refractivity contribution is 0.870. The third-order valence-electron chi connectivity index (χ3n) is 5.58. The Morgan fingerprint density at radius 3 is 1.50 bits per heavy atom. The minimum Gasteiger partial charge on any atom is -0.147 e. The molecule has 3 heteroatoms. The zero-order chi connectivity index (χ0) is 19.2. The van der Waals surface area contributed by atoms with Crippen LogP contribution in [0.25, 0.3) is 0 Å². The van der Waals surface area contributed by atoms with E-state index >= 15 is 0 Å². The van der Waals surface area contributed by atoms with E-state index in [-0.39, 0.29) is 0 Å². The van der Waals surface area contributed by atoms with Gasteiger partial charge in [-0.2, -0.15) is 0 Å². The van der Waals surface area contributed by atoms with Gasteiger partial charge in [0, 0.05) is 6.42 Å². The third-order valence-corrected chi connectivity index (χ3v) is 13.4. The maximum absolute atomic E-state index is 2.51. The number of hydrogen-bond acceptors (Lipinski definition) is 2. The van der Waals surface area contributed by atoms with E-state index in [1.54, 1.807) is 0 Å². The molecule has 1 fully saturated rings. The van der Waals surface area contributed by atoms with Crippen LogP contribution in [-0.4, -0.2) is 21.7 Å². The Labute approximate surface area is 178 Å². The largest absolute Gasteiger partial charge is 0.147 e. The smallest absolute Gasteiger partial charge is 0.114 e. The quantitative estimate of drug-likeness (QED) is 0.449. The molecular formula is C25H28PS2+. The predicted molar refractivity (Wildman–Crippen MR) is 133 cm³/mol. The molecule has 1 saturated heterocycles. The number of benzene rings is 3. The van der Waals surface area contributed by atoms with Crippen LogP contribution in [0.1, 0.15) is 19.8 Å². The van der Waals surface area contributed by atoms with Crippen LogP contribution in [0, 0.1) is 0 Å². The molecular weight excluding hydrogens is 395 g/mol. The van der Waals surface area contributed by atoms with Crippen molar-refractivity contribution in [1.82, 2.24) is 0 Å². The monoisotopic (exact) mass is 423 g/mol. The Bertz CT molecular complexity index is 749. The molecule has 4 rings (SSSR count). The Hall–Kier alpha value is -1.21. The fourth-order valence-electron chi connectivity index (χ4n) is 4.31. The molecule has 0 spiro atoms. The molecule has 3 aromatic carbocycles. The standard InChI is InChI=1S/C25H28PS2/c1-21(20-25-27-18-11-19-28-25)26(22-12-5-2-6-13-22,23-14-7-3-8-15-23)24-16-9-4-10-17-24/h2-10,12-17,21,25H,11,18-20H2,1H3/q+1. The molecule has 28 heavy (non-hydrogen) atoms. The summed E-state index contributed by atoms with van der Waals surface area (Å²) in [5, 5.41) is 4.52. The van der Waals surface area contributed by atoms with Gasteiger partial charge in [0.1, 0.15) is 23.2 Å². The Morgan fingerprint density at radius 2 is 1.11 bits per heavy atom. The molecule has 0 aliphatic carbocycles. The summed E-state index contributed by atoms with van der Waals surface area (Å²) >= 11 is 4.35. The number of rotatable bonds is 6. The molecule has 1 unspecified atom stereocenters. The number of hydrogen-bond donors (Lipinski definition) is 0. The summed E-state index contributed by atoms with van der Waals surface area (Å²) in [6.07, 6.45) is 2.62. The first kappa shape index (κ1) is 20.1. The average molecular weight is 424 g/mol. The summed E-state index contributed by atoms with van der Waals surface area (Å²) in [5.74, 6) is 2.63. The second kappa shape index (κ2) is 9.53. The summed E-state index contributed by atoms with van der Waals surface area (Å²) in [5.41, 5.74) is 0.600. The van der Waals surface area contributed by atoms with Crippen LogP contribution in [-0.2, 0) is 0 Å². The van der Waals surface area contributed by atoms with Gasteiger partial charge in [0.2, 0.25) is 0 Å². The Kier molecular flexibility index (Phi) is 6.83. The van der Waals surface area contributed by atoms with E-state index in [0.717, 1.165) is 4.58 Å². The van der Waals surface area contributed by atoms with Crippen molar-refractivity contribution in [1.29, 1.82) is 0 Å².